The maximum absolute atomic E-state index is 13.7. The molecular formula is C21H29F6N3O6. The van der Waals surface area contributed by atoms with Crippen LogP contribution in [0, 0.1) is 17.5 Å². The topological polar surface area (TPSA) is 153 Å². The first-order chi connectivity index (χ1) is 16.5. The van der Waals surface area contributed by atoms with Gasteiger partial charge in [-0.25, -0.2) is 18.0 Å². The van der Waals surface area contributed by atoms with Crippen LogP contribution in [0.3, 0.4) is 0 Å². The highest BCUT2D eigenvalue weighted by Gasteiger charge is 2.41. The van der Waals surface area contributed by atoms with Crippen LogP contribution in [-0.4, -0.2) is 81.6 Å². The van der Waals surface area contributed by atoms with Crippen molar-refractivity contribution in [3.05, 3.63) is 35.1 Å². The van der Waals surface area contributed by atoms with Crippen molar-refractivity contribution in [3.8, 4) is 0 Å². The van der Waals surface area contributed by atoms with E-state index in [4.69, 9.17) is 21.1 Å². The normalized spacial score (nSPS) is 18.8. The molecule has 15 heteroatoms. The summed E-state index contributed by atoms with van der Waals surface area (Å²) in [6.45, 7) is 1.26. The molecule has 1 heterocycles. The van der Waals surface area contributed by atoms with Crippen LogP contribution in [0.4, 0.5) is 26.3 Å². The van der Waals surface area contributed by atoms with E-state index < -0.39 is 78.5 Å². The van der Waals surface area contributed by atoms with Crippen LogP contribution in [-0.2, 0) is 20.8 Å². The van der Waals surface area contributed by atoms with E-state index in [2.05, 4.69) is 5.32 Å². The zero-order valence-corrected chi connectivity index (χ0v) is 19.1. The number of aliphatic hydroxyl groups excluding tert-OH is 2. The number of aliphatic carboxylic acids is 1. The van der Waals surface area contributed by atoms with E-state index in [9.17, 15) is 40.7 Å². The van der Waals surface area contributed by atoms with Crippen LogP contribution >= 0.6 is 0 Å². The highest BCUT2D eigenvalue weighted by molar-refractivity contribution is 5.88. The molecule has 1 aromatic rings. The molecule has 6 N–H and O–H groups in total. The number of alkyl halides is 3. The van der Waals surface area contributed by atoms with Crippen LogP contribution in [0.25, 0.3) is 0 Å². The summed E-state index contributed by atoms with van der Waals surface area (Å²) in [7, 11) is 0. The Morgan fingerprint density at radius 1 is 1.19 bits per heavy atom. The standard InChI is InChI=1S/C17H19F6N3O2.C4H8O4.H2/c18-11-7-13(20)12(19)5-9(11)4-10(24)6-15(27)26-3-1-2-25-16(28)14(26)8-17(21,22)23;1-2(5)3(6)4(7)8;/h5,7,10,14H,1-4,6,8,24H2,(H,25,28);2-3,5-6H,1H3,(H,7,8);1H/t10-,14-;2-,3?;/m10./s1. The molecule has 0 aromatic heterocycles. The number of hydrogen-bond acceptors (Lipinski definition) is 6. The molecule has 0 saturated carbocycles. The highest BCUT2D eigenvalue weighted by atomic mass is 19.4. The zero-order valence-electron chi connectivity index (χ0n) is 19.1. The number of nitrogens with one attached hydrogen (secondary N) is 1. The van der Waals surface area contributed by atoms with E-state index in [1.165, 1.54) is 6.92 Å². The number of carbonyl (C=O) groups is 3. The first-order valence-corrected chi connectivity index (χ1v) is 10.6. The molecule has 0 radical (unpaired) electrons. The highest BCUT2D eigenvalue weighted by Crippen LogP contribution is 2.26. The predicted octanol–water partition coefficient (Wildman–Crippen LogP) is 1.09. The van der Waals surface area contributed by atoms with Crippen molar-refractivity contribution in [1.29, 1.82) is 0 Å². The molecule has 36 heavy (non-hydrogen) atoms. The van der Waals surface area contributed by atoms with Gasteiger partial charge in [0, 0.05) is 33.0 Å². The van der Waals surface area contributed by atoms with E-state index >= 15 is 0 Å². The summed E-state index contributed by atoms with van der Waals surface area (Å²) in [6, 6.07) is -1.83. The van der Waals surface area contributed by atoms with Crippen LogP contribution < -0.4 is 11.1 Å². The number of halogens is 6. The quantitative estimate of drug-likeness (QED) is 0.260. The molecule has 1 aliphatic rings. The number of hydrogen-bond donors (Lipinski definition) is 5. The Morgan fingerprint density at radius 2 is 1.78 bits per heavy atom. The van der Waals surface area contributed by atoms with Crippen molar-refractivity contribution in [1.82, 2.24) is 10.2 Å². The van der Waals surface area contributed by atoms with Gasteiger partial charge in [0.15, 0.2) is 17.7 Å². The molecule has 1 saturated heterocycles. The monoisotopic (exact) mass is 533 g/mol. The Balaban J connectivity index is 0.00000125. The summed E-state index contributed by atoms with van der Waals surface area (Å²) >= 11 is 0. The summed E-state index contributed by atoms with van der Waals surface area (Å²) in [5.74, 6) is -6.84. The average molecular weight is 533 g/mol. The summed E-state index contributed by atoms with van der Waals surface area (Å²) in [6.07, 6.45) is -9.58. The molecule has 0 aliphatic carbocycles. The fourth-order valence-electron chi connectivity index (χ4n) is 3.22. The molecule has 4 atom stereocenters. The Hall–Kier alpha value is -2.91. The third-order valence-electron chi connectivity index (χ3n) is 5.02. The van der Waals surface area contributed by atoms with Crippen LogP contribution in [0.5, 0.6) is 0 Å². The van der Waals surface area contributed by atoms with Crippen molar-refractivity contribution in [2.45, 2.75) is 63.1 Å². The number of carboxylic acids is 1. The smallest absolute Gasteiger partial charge is 0.391 e. The Kier molecular flexibility index (Phi) is 11.6. The summed E-state index contributed by atoms with van der Waals surface area (Å²) in [5, 5.41) is 27.0. The molecule has 1 fully saturated rings. The average Bonchev–Trinajstić information content (AvgIpc) is 2.92. The van der Waals surface area contributed by atoms with Gasteiger partial charge in [0.05, 0.1) is 12.5 Å². The van der Waals surface area contributed by atoms with Gasteiger partial charge in [0.2, 0.25) is 11.8 Å². The Morgan fingerprint density at radius 3 is 2.28 bits per heavy atom. The maximum atomic E-state index is 13.7. The van der Waals surface area contributed by atoms with E-state index in [0.717, 1.165) is 4.90 Å². The summed E-state index contributed by atoms with van der Waals surface area (Å²) < 4.78 is 78.3. The maximum Gasteiger partial charge on any atom is 0.391 e. The lowest BCUT2D eigenvalue weighted by Gasteiger charge is -2.30. The van der Waals surface area contributed by atoms with Gasteiger partial charge in [0.25, 0.3) is 0 Å². The number of nitrogens with two attached hydrogens (primary N) is 1. The molecular weight excluding hydrogens is 504 g/mol. The number of amides is 2. The molecule has 206 valence electrons. The van der Waals surface area contributed by atoms with E-state index in [1.807, 2.05) is 0 Å². The van der Waals surface area contributed by atoms with Gasteiger partial charge in [0.1, 0.15) is 11.9 Å². The lowest BCUT2D eigenvalue weighted by Crippen LogP contribution is -2.50. The molecule has 2 rings (SSSR count). The second-order valence-corrected chi connectivity index (χ2v) is 8.12. The fourth-order valence-corrected chi connectivity index (χ4v) is 3.22. The van der Waals surface area contributed by atoms with Crippen LogP contribution in [0.15, 0.2) is 12.1 Å². The van der Waals surface area contributed by atoms with Crippen molar-refractivity contribution in [2.75, 3.05) is 13.1 Å². The third kappa shape index (κ3) is 9.99. The third-order valence-corrected chi connectivity index (χ3v) is 5.02. The van der Waals surface area contributed by atoms with Gasteiger partial charge in [-0.2, -0.15) is 13.2 Å². The van der Waals surface area contributed by atoms with Crippen molar-refractivity contribution in [3.63, 3.8) is 0 Å². The first-order valence-electron chi connectivity index (χ1n) is 10.6. The number of rotatable bonds is 7. The van der Waals surface area contributed by atoms with E-state index in [0.29, 0.717) is 12.1 Å². The van der Waals surface area contributed by atoms with Gasteiger partial charge in [-0.15, -0.1) is 0 Å². The number of aliphatic hydroxyl groups is 2. The lowest BCUT2D eigenvalue weighted by atomic mass is 10.0. The molecule has 1 aliphatic heterocycles. The first kappa shape index (κ1) is 31.1. The lowest BCUT2D eigenvalue weighted by molar-refractivity contribution is -0.161. The zero-order chi connectivity index (χ0) is 27.8. The second kappa shape index (κ2) is 13.4. The van der Waals surface area contributed by atoms with E-state index in [1.54, 1.807) is 0 Å². The molecule has 2 amide bonds. The van der Waals surface area contributed by atoms with Gasteiger partial charge in [-0.3, -0.25) is 9.59 Å². The molecule has 0 spiro atoms. The number of carboxylic acid groups (broad SMARTS) is 1. The number of nitrogens with zero attached hydrogens (tertiary/aromatic N) is 1. The van der Waals surface area contributed by atoms with Crippen molar-refractivity contribution < 1.29 is 57.5 Å². The fraction of sp³-hybridized carbons (Fsp3) is 0.571. The molecule has 1 aromatic carbocycles. The minimum atomic E-state index is -4.66. The number of carbonyl (C=O) groups excluding carboxylic acids is 2. The minimum absolute atomic E-state index is 0. The van der Waals surface area contributed by atoms with Gasteiger partial charge in [-0.1, -0.05) is 0 Å². The van der Waals surface area contributed by atoms with E-state index in [-0.39, 0.29) is 32.9 Å². The summed E-state index contributed by atoms with van der Waals surface area (Å²) in [5.41, 5.74) is 5.50. The molecule has 0 bridgehead atoms. The Labute approximate surface area is 203 Å². The summed E-state index contributed by atoms with van der Waals surface area (Å²) in [4.78, 5) is 35.0. The number of benzene rings is 1. The minimum Gasteiger partial charge on any atom is -0.479 e. The van der Waals surface area contributed by atoms with Gasteiger partial charge < -0.3 is 31.3 Å². The van der Waals surface area contributed by atoms with Crippen LogP contribution in [0.2, 0.25) is 0 Å². The predicted molar refractivity (Wildman–Crippen MR) is 114 cm³/mol. The van der Waals surface area contributed by atoms with Crippen molar-refractivity contribution in [2.24, 2.45) is 5.73 Å². The Bertz CT molecular complexity index is 937. The molecule has 9 nitrogen and oxygen atoms in total. The van der Waals surface area contributed by atoms with Crippen molar-refractivity contribution >= 4 is 17.8 Å². The van der Waals surface area contributed by atoms with Crippen LogP contribution in [0.1, 0.15) is 33.2 Å². The largest absolute Gasteiger partial charge is 0.479 e. The SMILES string of the molecule is C[C@H](O)C(O)C(=O)O.N[C@@H](CC(=O)N1CCCNC(=O)[C@H]1CC(F)(F)F)Cc1cc(F)c(F)cc1F.[HH]. The van der Waals surface area contributed by atoms with Gasteiger partial charge in [-0.05, 0) is 31.4 Å². The van der Waals surface area contributed by atoms with Gasteiger partial charge >= 0.3 is 12.1 Å². The molecule has 1 unspecified atom stereocenters. The second-order valence-electron chi connectivity index (χ2n) is 8.12.